The van der Waals surface area contributed by atoms with E-state index in [1.807, 2.05) is 37.6 Å². The minimum Gasteiger partial charge on any atom is -0.481 e. The van der Waals surface area contributed by atoms with Gasteiger partial charge in [0, 0.05) is 19.6 Å². The molecule has 1 aliphatic heterocycles. The zero-order chi connectivity index (χ0) is 16.4. The maximum Gasteiger partial charge on any atom is 0.410 e. The van der Waals surface area contributed by atoms with Gasteiger partial charge in [-0.2, -0.15) is 11.3 Å². The number of hydrogen-bond acceptors (Lipinski definition) is 5. The molecule has 0 aliphatic carbocycles. The molecule has 122 valence electrons. The Balaban J connectivity index is 1.93. The predicted octanol–water partition coefficient (Wildman–Crippen LogP) is 2.30. The van der Waals surface area contributed by atoms with Crippen LogP contribution >= 0.6 is 11.3 Å². The maximum absolute atomic E-state index is 12.0. The van der Waals surface area contributed by atoms with Crippen molar-refractivity contribution in [2.75, 3.05) is 13.1 Å². The second kappa shape index (κ2) is 6.26. The highest BCUT2D eigenvalue weighted by molar-refractivity contribution is 7.07. The molecular formula is C15H22N2O4S. The van der Waals surface area contributed by atoms with E-state index in [1.165, 1.54) is 4.90 Å². The number of carboxylic acids is 1. The number of rotatable bonds is 5. The largest absolute Gasteiger partial charge is 0.481 e. The zero-order valence-corrected chi connectivity index (χ0v) is 13.9. The number of carbonyl (C=O) groups is 2. The summed E-state index contributed by atoms with van der Waals surface area (Å²) in [6.07, 6.45) is -0.415. The first-order valence-corrected chi connectivity index (χ1v) is 8.09. The van der Waals surface area contributed by atoms with Crippen LogP contribution in [0.25, 0.3) is 0 Å². The fourth-order valence-corrected chi connectivity index (χ4v) is 3.07. The van der Waals surface area contributed by atoms with Crippen molar-refractivity contribution in [3.05, 3.63) is 22.4 Å². The van der Waals surface area contributed by atoms with Gasteiger partial charge in [-0.15, -0.1) is 0 Å². The van der Waals surface area contributed by atoms with E-state index in [9.17, 15) is 9.59 Å². The fourth-order valence-electron chi connectivity index (χ4n) is 2.40. The second-order valence-corrected chi connectivity index (χ2v) is 7.45. The first kappa shape index (κ1) is 16.8. The summed E-state index contributed by atoms with van der Waals surface area (Å²) in [4.78, 5) is 24.6. The van der Waals surface area contributed by atoms with Crippen molar-refractivity contribution in [3.63, 3.8) is 0 Å². The van der Waals surface area contributed by atoms with E-state index in [4.69, 9.17) is 9.84 Å². The minimum absolute atomic E-state index is 0.0174. The average molecular weight is 326 g/mol. The van der Waals surface area contributed by atoms with Crippen molar-refractivity contribution >= 4 is 23.4 Å². The molecule has 0 atom stereocenters. The molecule has 0 unspecified atom stereocenters. The maximum atomic E-state index is 12.0. The van der Waals surface area contributed by atoms with Crippen LogP contribution in [-0.4, -0.2) is 46.3 Å². The van der Waals surface area contributed by atoms with E-state index in [0.29, 0.717) is 19.6 Å². The summed E-state index contributed by atoms with van der Waals surface area (Å²) in [7, 11) is 0. The molecule has 1 aromatic rings. The highest BCUT2D eigenvalue weighted by Crippen LogP contribution is 2.27. The quantitative estimate of drug-likeness (QED) is 0.868. The Labute approximate surface area is 134 Å². The van der Waals surface area contributed by atoms with Gasteiger partial charge in [-0.1, -0.05) is 0 Å². The average Bonchev–Trinajstić information content (AvgIpc) is 2.81. The van der Waals surface area contributed by atoms with E-state index in [1.54, 1.807) is 11.3 Å². The first-order valence-electron chi connectivity index (χ1n) is 7.15. The van der Waals surface area contributed by atoms with Crippen molar-refractivity contribution in [1.82, 2.24) is 10.2 Å². The van der Waals surface area contributed by atoms with Crippen LogP contribution in [0.3, 0.4) is 0 Å². The number of hydrogen-bond donors (Lipinski definition) is 2. The molecule has 2 N–H and O–H groups in total. The summed E-state index contributed by atoms with van der Waals surface area (Å²) in [6, 6.07) is 2.00. The van der Waals surface area contributed by atoms with E-state index in [2.05, 4.69) is 5.32 Å². The molecule has 0 bridgehead atoms. The molecule has 0 saturated carbocycles. The Hall–Kier alpha value is -1.60. The first-order chi connectivity index (χ1) is 10.2. The predicted molar refractivity (Wildman–Crippen MR) is 83.9 cm³/mol. The molecule has 1 amide bonds. The van der Waals surface area contributed by atoms with Gasteiger partial charge < -0.3 is 20.1 Å². The number of nitrogens with one attached hydrogen (secondary N) is 1. The third-order valence-electron chi connectivity index (χ3n) is 3.38. The number of ether oxygens (including phenoxy) is 1. The van der Waals surface area contributed by atoms with Crippen molar-refractivity contribution < 1.29 is 19.4 Å². The van der Waals surface area contributed by atoms with Crippen LogP contribution in [0.2, 0.25) is 0 Å². The van der Waals surface area contributed by atoms with Gasteiger partial charge in [-0.25, -0.2) is 4.79 Å². The van der Waals surface area contributed by atoms with Crippen molar-refractivity contribution in [2.45, 2.75) is 44.9 Å². The number of nitrogens with zero attached hydrogens (tertiary/aromatic N) is 1. The molecule has 0 spiro atoms. The molecule has 0 aromatic carbocycles. The van der Waals surface area contributed by atoms with Crippen molar-refractivity contribution in [3.8, 4) is 0 Å². The summed E-state index contributed by atoms with van der Waals surface area (Å²) in [5, 5.41) is 16.4. The number of carboxylic acid groups (broad SMARTS) is 1. The zero-order valence-electron chi connectivity index (χ0n) is 13.1. The van der Waals surface area contributed by atoms with E-state index >= 15 is 0 Å². The minimum atomic E-state index is -0.873. The topological polar surface area (TPSA) is 78.9 Å². The molecule has 1 aromatic heterocycles. The van der Waals surface area contributed by atoms with Crippen LogP contribution in [-0.2, 0) is 16.1 Å². The number of carbonyl (C=O) groups excluding carboxylic acids is 1. The van der Waals surface area contributed by atoms with Crippen LogP contribution in [0.15, 0.2) is 16.8 Å². The summed E-state index contributed by atoms with van der Waals surface area (Å²) < 4.78 is 5.30. The molecule has 2 rings (SSSR count). The SMILES string of the molecule is CC(C)(C)OC(=O)N1CC(CC(=O)O)(NCc2ccsc2)C1. The molecule has 0 radical (unpaired) electrons. The number of thiophene rings is 1. The van der Waals surface area contributed by atoms with Gasteiger partial charge in [-0.3, -0.25) is 4.79 Å². The smallest absolute Gasteiger partial charge is 0.410 e. The Morgan fingerprint density at radius 3 is 2.64 bits per heavy atom. The third kappa shape index (κ3) is 4.45. The van der Waals surface area contributed by atoms with Gasteiger partial charge in [0.2, 0.25) is 0 Å². The van der Waals surface area contributed by atoms with E-state index in [0.717, 1.165) is 5.56 Å². The van der Waals surface area contributed by atoms with Gasteiger partial charge in [-0.05, 0) is 43.2 Å². The van der Waals surface area contributed by atoms with Crippen LogP contribution in [0.4, 0.5) is 4.79 Å². The lowest BCUT2D eigenvalue weighted by Crippen LogP contribution is -2.71. The van der Waals surface area contributed by atoms with Gasteiger partial charge in [0.05, 0.1) is 12.0 Å². The van der Waals surface area contributed by atoms with Crippen LogP contribution in [0, 0.1) is 0 Å². The lowest BCUT2D eigenvalue weighted by Gasteiger charge is -2.49. The molecule has 1 saturated heterocycles. The monoisotopic (exact) mass is 326 g/mol. The van der Waals surface area contributed by atoms with E-state index in [-0.39, 0.29) is 6.42 Å². The van der Waals surface area contributed by atoms with Gasteiger partial charge in [0.25, 0.3) is 0 Å². The van der Waals surface area contributed by atoms with Gasteiger partial charge >= 0.3 is 12.1 Å². The van der Waals surface area contributed by atoms with Crippen molar-refractivity contribution in [1.29, 1.82) is 0 Å². The Morgan fingerprint density at radius 2 is 2.14 bits per heavy atom. The van der Waals surface area contributed by atoms with Gasteiger partial charge in [0.15, 0.2) is 0 Å². The molecule has 6 nitrogen and oxygen atoms in total. The molecule has 1 aliphatic rings. The molecular weight excluding hydrogens is 304 g/mol. The highest BCUT2D eigenvalue weighted by atomic mass is 32.1. The highest BCUT2D eigenvalue weighted by Gasteiger charge is 2.47. The molecule has 22 heavy (non-hydrogen) atoms. The van der Waals surface area contributed by atoms with Crippen LogP contribution in [0.1, 0.15) is 32.8 Å². The van der Waals surface area contributed by atoms with Crippen molar-refractivity contribution in [2.24, 2.45) is 0 Å². The number of amides is 1. The van der Waals surface area contributed by atoms with Crippen LogP contribution < -0.4 is 5.32 Å². The molecule has 1 fully saturated rings. The van der Waals surface area contributed by atoms with Crippen LogP contribution in [0.5, 0.6) is 0 Å². The Kier molecular flexibility index (Phi) is 4.77. The molecule has 7 heteroatoms. The number of aliphatic carboxylic acids is 1. The normalized spacial score (nSPS) is 17.0. The van der Waals surface area contributed by atoms with E-state index < -0.39 is 23.2 Å². The lowest BCUT2D eigenvalue weighted by molar-refractivity contribution is -0.141. The summed E-state index contributed by atoms with van der Waals surface area (Å²) in [5.74, 6) is -0.873. The number of likely N-dealkylation sites (tertiary alicyclic amines) is 1. The lowest BCUT2D eigenvalue weighted by atomic mass is 9.86. The summed E-state index contributed by atoms with van der Waals surface area (Å²) in [5.41, 5.74) is -0.0119. The fraction of sp³-hybridized carbons (Fsp3) is 0.600. The summed E-state index contributed by atoms with van der Waals surface area (Å²) >= 11 is 1.60. The standard InChI is InChI=1S/C15H22N2O4S/c1-14(2,3)21-13(20)17-9-15(10-17,6-12(18)19)16-7-11-4-5-22-8-11/h4-5,8,16H,6-7,9-10H2,1-3H3,(H,18,19). The second-order valence-electron chi connectivity index (χ2n) is 6.67. The van der Waals surface area contributed by atoms with Gasteiger partial charge in [0.1, 0.15) is 5.60 Å². The Bertz CT molecular complexity index is 530. The Morgan fingerprint density at radius 1 is 1.45 bits per heavy atom. The molecule has 2 heterocycles. The third-order valence-corrected chi connectivity index (χ3v) is 4.11. The summed E-state index contributed by atoms with van der Waals surface area (Å²) in [6.45, 7) is 6.72.